The molecule has 0 fully saturated rings. The molecule has 3 rings (SSSR count). The van der Waals surface area contributed by atoms with Crippen molar-refractivity contribution in [1.82, 2.24) is 10.2 Å². The summed E-state index contributed by atoms with van der Waals surface area (Å²) in [5.74, 6) is 0. The van der Waals surface area contributed by atoms with Crippen LogP contribution in [0.3, 0.4) is 0 Å². The first kappa shape index (κ1) is 16.8. The van der Waals surface area contributed by atoms with Crippen LogP contribution in [0.1, 0.15) is 22.5 Å². The molecule has 0 aliphatic rings. The van der Waals surface area contributed by atoms with E-state index in [2.05, 4.69) is 27.6 Å². The zero-order chi connectivity index (χ0) is 17.5. The fourth-order valence-electron chi connectivity index (χ4n) is 2.60. The van der Waals surface area contributed by atoms with Crippen molar-refractivity contribution in [3.8, 4) is 0 Å². The molecule has 1 aromatic heterocycles. The molecule has 5 heteroatoms. The van der Waals surface area contributed by atoms with Crippen LogP contribution >= 0.6 is 0 Å². The van der Waals surface area contributed by atoms with E-state index in [1.807, 2.05) is 55.5 Å². The smallest absolute Gasteiger partial charge is 0.412 e. The number of anilines is 1. The van der Waals surface area contributed by atoms with E-state index in [1.54, 1.807) is 0 Å². The van der Waals surface area contributed by atoms with Gasteiger partial charge in [-0.05, 0) is 30.9 Å². The Balaban J connectivity index is 1.58. The minimum atomic E-state index is -0.477. The van der Waals surface area contributed by atoms with E-state index in [4.69, 9.17) is 4.74 Å². The summed E-state index contributed by atoms with van der Waals surface area (Å²) in [4.78, 5) is 12.1. The molecule has 128 valence electrons. The average Bonchev–Trinajstić information content (AvgIpc) is 3.00. The number of hydrogen-bond acceptors (Lipinski definition) is 3. The van der Waals surface area contributed by atoms with E-state index in [0.29, 0.717) is 5.69 Å². The van der Waals surface area contributed by atoms with Gasteiger partial charge in [-0.1, -0.05) is 60.7 Å². The minimum Gasteiger partial charge on any atom is -0.444 e. The summed E-state index contributed by atoms with van der Waals surface area (Å²) in [5.41, 5.74) is 4.54. The fraction of sp³-hybridized carbons (Fsp3) is 0.200. The second-order valence-corrected chi connectivity index (χ2v) is 5.84. The summed E-state index contributed by atoms with van der Waals surface area (Å²) in [6.07, 6.45) is 1.12. The highest BCUT2D eigenvalue weighted by Gasteiger charge is 2.14. The molecule has 0 aliphatic carbocycles. The highest BCUT2D eigenvalue weighted by molar-refractivity contribution is 5.86. The Morgan fingerprint density at radius 3 is 2.32 bits per heavy atom. The Hall–Kier alpha value is -3.08. The van der Waals surface area contributed by atoms with E-state index in [9.17, 15) is 4.79 Å². The number of nitrogens with one attached hydrogen (secondary N) is 2. The Labute approximate surface area is 147 Å². The van der Waals surface area contributed by atoms with Crippen LogP contribution in [0.25, 0.3) is 0 Å². The van der Waals surface area contributed by atoms with Crippen molar-refractivity contribution >= 4 is 11.8 Å². The molecule has 3 aromatic rings. The van der Waals surface area contributed by atoms with Crippen LogP contribution in [0.5, 0.6) is 0 Å². The summed E-state index contributed by atoms with van der Waals surface area (Å²) in [6.45, 7) is 2.12. The van der Waals surface area contributed by atoms with Gasteiger partial charge >= 0.3 is 6.09 Å². The van der Waals surface area contributed by atoms with Gasteiger partial charge in [0, 0.05) is 0 Å². The van der Waals surface area contributed by atoms with Gasteiger partial charge in [0.1, 0.15) is 6.61 Å². The Morgan fingerprint density at radius 2 is 1.64 bits per heavy atom. The molecule has 0 spiro atoms. The van der Waals surface area contributed by atoms with Gasteiger partial charge in [-0.15, -0.1) is 0 Å². The van der Waals surface area contributed by atoms with Crippen molar-refractivity contribution in [2.24, 2.45) is 0 Å². The van der Waals surface area contributed by atoms with Gasteiger partial charge in [-0.25, -0.2) is 4.79 Å². The maximum atomic E-state index is 12.1. The zero-order valence-electron chi connectivity index (χ0n) is 14.2. The molecule has 0 atom stereocenters. The molecular formula is C20H21N3O2. The highest BCUT2D eigenvalue weighted by Crippen LogP contribution is 2.20. The summed E-state index contributed by atoms with van der Waals surface area (Å²) >= 11 is 0. The third-order valence-electron chi connectivity index (χ3n) is 3.96. The van der Waals surface area contributed by atoms with Gasteiger partial charge in [0.05, 0.1) is 17.1 Å². The number of carbonyl (C=O) groups excluding carboxylic acids is 1. The highest BCUT2D eigenvalue weighted by atomic mass is 16.5. The fourth-order valence-corrected chi connectivity index (χ4v) is 2.60. The summed E-state index contributed by atoms with van der Waals surface area (Å²) in [5, 5.41) is 10.0. The Morgan fingerprint density at radius 1 is 1.00 bits per heavy atom. The predicted octanol–water partition coefficient (Wildman–Crippen LogP) is 4.25. The van der Waals surface area contributed by atoms with Crippen LogP contribution in [-0.4, -0.2) is 16.3 Å². The van der Waals surface area contributed by atoms with Gasteiger partial charge in [-0.2, -0.15) is 5.10 Å². The maximum Gasteiger partial charge on any atom is 0.412 e. The van der Waals surface area contributed by atoms with Crippen LogP contribution in [0, 0.1) is 6.92 Å². The molecule has 0 saturated heterocycles. The normalized spacial score (nSPS) is 10.4. The van der Waals surface area contributed by atoms with E-state index in [-0.39, 0.29) is 6.61 Å². The van der Waals surface area contributed by atoms with Crippen molar-refractivity contribution < 1.29 is 9.53 Å². The molecule has 2 aromatic carbocycles. The molecule has 0 unspecified atom stereocenters. The van der Waals surface area contributed by atoms with Gasteiger partial charge < -0.3 is 4.74 Å². The zero-order valence-corrected chi connectivity index (χ0v) is 14.2. The largest absolute Gasteiger partial charge is 0.444 e. The van der Waals surface area contributed by atoms with Crippen LogP contribution in [0.15, 0.2) is 60.7 Å². The van der Waals surface area contributed by atoms with Crippen LogP contribution < -0.4 is 5.32 Å². The van der Waals surface area contributed by atoms with Crippen LogP contribution in [0.2, 0.25) is 0 Å². The lowest BCUT2D eigenvalue weighted by Gasteiger charge is -2.08. The number of nitrogens with zero attached hydrogens (tertiary/aromatic N) is 1. The van der Waals surface area contributed by atoms with Gasteiger partial charge in [0.2, 0.25) is 0 Å². The maximum absolute atomic E-state index is 12.1. The Bertz CT molecular complexity index is 813. The van der Waals surface area contributed by atoms with Crippen molar-refractivity contribution in [3.05, 3.63) is 83.2 Å². The van der Waals surface area contributed by atoms with Gasteiger partial charge in [0.25, 0.3) is 0 Å². The standard InChI is InChI=1S/C20H21N3O2/c1-15-19(21-20(24)25-14-17-10-6-3-7-11-17)18(23-22-15)13-12-16-8-4-2-5-9-16/h2-11H,12-14H2,1H3,(H,21,24)(H,22,23). The van der Waals surface area contributed by atoms with Crippen LogP contribution in [-0.2, 0) is 24.2 Å². The third kappa shape index (κ3) is 4.70. The first-order valence-electron chi connectivity index (χ1n) is 8.28. The molecule has 2 N–H and O–H groups in total. The number of carbonyl (C=O) groups is 1. The van der Waals surface area contributed by atoms with E-state index < -0.39 is 6.09 Å². The first-order chi connectivity index (χ1) is 12.2. The average molecular weight is 335 g/mol. The predicted molar refractivity (Wildman–Crippen MR) is 97.4 cm³/mol. The molecule has 1 heterocycles. The minimum absolute atomic E-state index is 0.239. The van der Waals surface area contributed by atoms with Crippen molar-refractivity contribution in [1.29, 1.82) is 0 Å². The number of aromatic amines is 1. The third-order valence-corrected chi connectivity index (χ3v) is 3.96. The lowest BCUT2D eigenvalue weighted by atomic mass is 10.1. The first-order valence-corrected chi connectivity index (χ1v) is 8.28. The Kier molecular flexibility index (Phi) is 5.46. The number of rotatable bonds is 6. The van der Waals surface area contributed by atoms with Gasteiger partial charge in [-0.3, -0.25) is 10.4 Å². The second-order valence-electron chi connectivity index (χ2n) is 5.84. The summed E-state index contributed by atoms with van der Waals surface area (Å²) in [6, 6.07) is 19.8. The molecule has 0 radical (unpaired) electrons. The molecule has 0 aliphatic heterocycles. The quantitative estimate of drug-likeness (QED) is 0.707. The lowest BCUT2D eigenvalue weighted by molar-refractivity contribution is 0.155. The van der Waals surface area contributed by atoms with Crippen molar-refractivity contribution in [2.75, 3.05) is 5.32 Å². The topological polar surface area (TPSA) is 67.0 Å². The van der Waals surface area contributed by atoms with Crippen molar-refractivity contribution in [2.45, 2.75) is 26.4 Å². The van der Waals surface area contributed by atoms with Gasteiger partial charge in [0.15, 0.2) is 0 Å². The monoisotopic (exact) mass is 335 g/mol. The summed E-state index contributed by atoms with van der Waals surface area (Å²) in [7, 11) is 0. The molecule has 25 heavy (non-hydrogen) atoms. The summed E-state index contributed by atoms with van der Waals surface area (Å²) < 4.78 is 5.28. The molecule has 1 amide bonds. The number of amides is 1. The van der Waals surface area contributed by atoms with Crippen molar-refractivity contribution in [3.63, 3.8) is 0 Å². The van der Waals surface area contributed by atoms with E-state index >= 15 is 0 Å². The van der Waals surface area contributed by atoms with E-state index in [1.165, 1.54) is 5.56 Å². The molecule has 0 bridgehead atoms. The number of ether oxygens (including phenoxy) is 1. The number of H-pyrrole nitrogens is 1. The lowest BCUT2D eigenvalue weighted by Crippen LogP contribution is -2.15. The second kappa shape index (κ2) is 8.15. The number of benzene rings is 2. The SMILES string of the molecule is Cc1[nH]nc(CCc2ccccc2)c1NC(=O)OCc1ccccc1. The molecular weight excluding hydrogens is 314 g/mol. The number of aromatic nitrogens is 2. The number of aryl methyl sites for hydroxylation is 3. The molecule has 5 nitrogen and oxygen atoms in total. The molecule has 0 saturated carbocycles. The number of hydrogen-bond donors (Lipinski definition) is 2. The van der Waals surface area contributed by atoms with E-state index in [0.717, 1.165) is 29.8 Å². The van der Waals surface area contributed by atoms with Crippen LogP contribution in [0.4, 0.5) is 10.5 Å².